The highest BCUT2D eigenvalue weighted by molar-refractivity contribution is 5.93. The molecular weight excluding hydrogens is 356 g/mol. The molecule has 2 aliphatic heterocycles. The van der Waals surface area contributed by atoms with Gasteiger partial charge in [0, 0.05) is 44.2 Å². The number of nitrogens with one attached hydrogen (secondary N) is 1. The third-order valence-corrected chi connectivity index (χ3v) is 5.00. The molecule has 2 heterocycles. The Morgan fingerprint density at radius 1 is 1.11 bits per heavy atom. The Morgan fingerprint density at radius 3 is 2.41 bits per heavy atom. The molecule has 1 aromatic rings. The first-order chi connectivity index (χ1) is 13.0. The van der Waals surface area contributed by atoms with Gasteiger partial charge in [-0.3, -0.25) is 9.59 Å². The van der Waals surface area contributed by atoms with E-state index in [9.17, 15) is 18.4 Å². The predicted octanol–water partition coefficient (Wildman–Crippen LogP) is 2.16. The van der Waals surface area contributed by atoms with Gasteiger partial charge in [0.25, 0.3) is 0 Å². The fraction of sp³-hybridized carbons (Fsp3) is 0.474. The quantitative estimate of drug-likeness (QED) is 0.815. The summed E-state index contributed by atoms with van der Waals surface area (Å²) in [6.45, 7) is 6.24. The van der Waals surface area contributed by atoms with E-state index >= 15 is 0 Å². The molecule has 2 fully saturated rings. The highest BCUT2D eigenvalue weighted by atomic mass is 19.1. The number of amides is 2. The molecule has 0 unspecified atom stereocenters. The second-order valence-corrected chi connectivity index (χ2v) is 6.68. The van der Waals surface area contributed by atoms with Gasteiger partial charge in [0.1, 0.15) is 11.6 Å². The van der Waals surface area contributed by atoms with Gasteiger partial charge in [-0.1, -0.05) is 6.58 Å². The van der Waals surface area contributed by atoms with Crippen LogP contribution in [-0.4, -0.2) is 56.1 Å². The van der Waals surface area contributed by atoms with Gasteiger partial charge in [0.05, 0.1) is 24.6 Å². The fourth-order valence-corrected chi connectivity index (χ4v) is 3.40. The summed E-state index contributed by atoms with van der Waals surface area (Å²) in [7, 11) is 0. The maximum Gasteiger partial charge on any atom is 0.245 e. The molecular formula is C19H23F2N3O3. The monoisotopic (exact) mass is 379 g/mol. The summed E-state index contributed by atoms with van der Waals surface area (Å²) in [4.78, 5) is 27.3. The Balaban J connectivity index is 1.63. The molecule has 0 saturated carbocycles. The Morgan fingerprint density at radius 2 is 1.78 bits per heavy atom. The second-order valence-electron chi connectivity index (χ2n) is 6.68. The van der Waals surface area contributed by atoms with E-state index in [1.54, 1.807) is 9.80 Å². The highest BCUT2D eigenvalue weighted by Gasteiger charge is 2.27. The summed E-state index contributed by atoms with van der Waals surface area (Å²) in [5.41, 5.74) is 0.00384. The molecule has 1 aromatic carbocycles. The van der Waals surface area contributed by atoms with Crippen LogP contribution >= 0.6 is 0 Å². The molecule has 0 aromatic heterocycles. The Kier molecular flexibility index (Phi) is 6.05. The first kappa shape index (κ1) is 19.3. The van der Waals surface area contributed by atoms with Crippen molar-refractivity contribution >= 4 is 23.2 Å². The number of piperidine rings is 1. The maximum absolute atomic E-state index is 14.4. The molecule has 0 aliphatic carbocycles. The smallest absolute Gasteiger partial charge is 0.245 e. The van der Waals surface area contributed by atoms with E-state index in [0.717, 1.165) is 12.1 Å². The summed E-state index contributed by atoms with van der Waals surface area (Å²) < 4.78 is 34.1. The van der Waals surface area contributed by atoms with Crippen LogP contribution in [0.3, 0.4) is 0 Å². The summed E-state index contributed by atoms with van der Waals surface area (Å²) in [5.74, 6) is -2.13. The van der Waals surface area contributed by atoms with Gasteiger partial charge in [-0.2, -0.15) is 0 Å². The van der Waals surface area contributed by atoms with E-state index in [1.165, 1.54) is 6.08 Å². The van der Waals surface area contributed by atoms with Crippen molar-refractivity contribution in [2.75, 3.05) is 49.6 Å². The van der Waals surface area contributed by atoms with Crippen molar-refractivity contribution in [3.8, 4) is 0 Å². The Labute approximate surface area is 156 Å². The number of nitrogens with zero attached hydrogens (tertiary/aromatic N) is 2. The molecule has 2 aliphatic rings. The van der Waals surface area contributed by atoms with Crippen LogP contribution in [0, 0.1) is 17.6 Å². The highest BCUT2D eigenvalue weighted by Crippen LogP contribution is 2.28. The number of hydrogen-bond donors (Lipinski definition) is 1. The summed E-state index contributed by atoms with van der Waals surface area (Å²) in [6.07, 6.45) is 2.19. The zero-order valence-corrected chi connectivity index (χ0v) is 15.0. The summed E-state index contributed by atoms with van der Waals surface area (Å²) in [6, 6.07) is 2.13. The Hall–Kier alpha value is -2.48. The minimum atomic E-state index is -0.675. The van der Waals surface area contributed by atoms with Crippen LogP contribution in [0.1, 0.15) is 12.8 Å². The van der Waals surface area contributed by atoms with E-state index in [-0.39, 0.29) is 29.1 Å². The zero-order chi connectivity index (χ0) is 19.4. The number of benzene rings is 1. The Bertz CT molecular complexity index is 727. The number of morpholine rings is 1. The molecule has 2 amide bonds. The predicted molar refractivity (Wildman–Crippen MR) is 97.5 cm³/mol. The van der Waals surface area contributed by atoms with Crippen molar-refractivity contribution in [2.24, 2.45) is 5.92 Å². The lowest BCUT2D eigenvalue weighted by atomic mass is 9.95. The molecule has 8 heteroatoms. The van der Waals surface area contributed by atoms with Gasteiger partial charge in [-0.05, 0) is 18.9 Å². The molecule has 0 atom stereocenters. The molecule has 2 saturated heterocycles. The van der Waals surface area contributed by atoms with Crippen LogP contribution in [0.15, 0.2) is 24.8 Å². The average molecular weight is 379 g/mol. The van der Waals surface area contributed by atoms with Crippen molar-refractivity contribution < 1.29 is 23.1 Å². The van der Waals surface area contributed by atoms with Crippen molar-refractivity contribution in [1.82, 2.24) is 4.90 Å². The van der Waals surface area contributed by atoms with Crippen LogP contribution in [0.4, 0.5) is 20.2 Å². The van der Waals surface area contributed by atoms with Crippen LogP contribution in [0.2, 0.25) is 0 Å². The largest absolute Gasteiger partial charge is 0.378 e. The van der Waals surface area contributed by atoms with Crippen LogP contribution in [0.25, 0.3) is 0 Å². The van der Waals surface area contributed by atoms with E-state index in [2.05, 4.69) is 11.9 Å². The number of carbonyl (C=O) groups is 2. The minimum Gasteiger partial charge on any atom is -0.378 e. The molecule has 27 heavy (non-hydrogen) atoms. The van der Waals surface area contributed by atoms with Crippen molar-refractivity contribution in [2.45, 2.75) is 12.8 Å². The fourth-order valence-electron chi connectivity index (χ4n) is 3.40. The number of carbonyl (C=O) groups excluding carboxylic acids is 2. The normalized spacial score (nSPS) is 18.3. The minimum absolute atomic E-state index is 0.166. The number of ether oxygens (including phenoxy) is 1. The van der Waals surface area contributed by atoms with E-state index in [4.69, 9.17) is 4.74 Å². The first-order valence-electron chi connectivity index (χ1n) is 9.03. The molecule has 0 radical (unpaired) electrons. The third-order valence-electron chi connectivity index (χ3n) is 5.00. The lowest BCUT2D eigenvalue weighted by Crippen LogP contribution is -2.40. The van der Waals surface area contributed by atoms with Gasteiger partial charge in [0.2, 0.25) is 11.8 Å². The average Bonchev–Trinajstić information content (AvgIpc) is 2.70. The number of likely N-dealkylation sites (tertiary alicyclic amines) is 1. The number of anilines is 2. The SMILES string of the molecule is C=CC(=O)N1CCC(C(=O)Nc2cc(F)c(N3CCOCC3)cc2F)CC1. The molecule has 0 spiro atoms. The second kappa shape index (κ2) is 8.47. The van der Waals surface area contributed by atoms with Crippen molar-refractivity contribution in [3.63, 3.8) is 0 Å². The molecule has 3 rings (SSSR count). The summed E-state index contributed by atoms with van der Waals surface area (Å²) in [5, 5.41) is 2.49. The number of halogens is 2. The maximum atomic E-state index is 14.4. The van der Waals surface area contributed by atoms with Crippen LogP contribution in [-0.2, 0) is 14.3 Å². The van der Waals surface area contributed by atoms with E-state index in [1.807, 2.05) is 0 Å². The van der Waals surface area contributed by atoms with Crippen molar-refractivity contribution in [3.05, 3.63) is 36.4 Å². The zero-order valence-electron chi connectivity index (χ0n) is 15.0. The van der Waals surface area contributed by atoms with Crippen molar-refractivity contribution in [1.29, 1.82) is 0 Å². The lowest BCUT2D eigenvalue weighted by molar-refractivity contribution is -0.130. The van der Waals surface area contributed by atoms with Gasteiger partial charge in [-0.15, -0.1) is 0 Å². The first-order valence-corrected chi connectivity index (χ1v) is 9.03. The van der Waals surface area contributed by atoms with Gasteiger partial charge in [0.15, 0.2) is 0 Å². The third kappa shape index (κ3) is 4.44. The van der Waals surface area contributed by atoms with Crippen LogP contribution < -0.4 is 10.2 Å². The number of rotatable bonds is 4. The summed E-state index contributed by atoms with van der Waals surface area (Å²) >= 11 is 0. The van der Waals surface area contributed by atoms with E-state index in [0.29, 0.717) is 52.2 Å². The standard InChI is InChI=1S/C19H23F2N3O3/c1-2-18(25)24-5-3-13(4-6-24)19(26)22-16-11-15(21)17(12-14(16)20)23-7-9-27-10-8-23/h2,11-13H,1,3-10H2,(H,22,26). The molecule has 146 valence electrons. The van der Waals surface area contributed by atoms with Gasteiger partial charge < -0.3 is 19.9 Å². The van der Waals surface area contributed by atoms with E-state index < -0.39 is 11.6 Å². The number of hydrogen-bond acceptors (Lipinski definition) is 4. The molecule has 1 N–H and O–H groups in total. The van der Waals surface area contributed by atoms with Gasteiger partial charge in [-0.25, -0.2) is 8.78 Å². The topological polar surface area (TPSA) is 61.9 Å². The van der Waals surface area contributed by atoms with Crippen LogP contribution in [0.5, 0.6) is 0 Å². The molecule has 6 nitrogen and oxygen atoms in total. The van der Waals surface area contributed by atoms with Gasteiger partial charge >= 0.3 is 0 Å². The lowest BCUT2D eigenvalue weighted by Gasteiger charge is -2.31. The molecule has 0 bridgehead atoms.